The minimum Gasteiger partial charge on any atom is -0.378 e. The average molecular weight is 294 g/mol. The minimum absolute atomic E-state index is 0.396. The van der Waals surface area contributed by atoms with Gasteiger partial charge in [0.15, 0.2) is 5.96 Å². The number of likely N-dealkylation sites (tertiary alicyclic amines) is 1. The Morgan fingerprint density at radius 1 is 1.48 bits per heavy atom. The fourth-order valence-corrected chi connectivity index (χ4v) is 2.54. The summed E-state index contributed by atoms with van der Waals surface area (Å²) in [7, 11) is 0. The number of ether oxygens (including phenoxy) is 1. The average Bonchev–Trinajstić information content (AvgIpc) is 2.90. The van der Waals surface area contributed by atoms with Crippen LogP contribution in [-0.4, -0.2) is 48.4 Å². The molecule has 0 aromatic carbocycles. The van der Waals surface area contributed by atoms with Gasteiger partial charge in [-0.05, 0) is 33.6 Å². The summed E-state index contributed by atoms with van der Waals surface area (Å²) >= 11 is 0. The second-order valence-corrected chi connectivity index (χ2v) is 5.24. The first-order valence-electron chi connectivity index (χ1n) is 7.80. The van der Waals surface area contributed by atoms with Crippen molar-refractivity contribution in [3.63, 3.8) is 0 Å². The van der Waals surface area contributed by atoms with Crippen LogP contribution in [0.2, 0.25) is 0 Å². The van der Waals surface area contributed by atoms with E-state index in [9.17, 15) is 0 Å². The maximum absolute atomic E-state index is 5.69. The highest BCUT2D eigenvalue weighted by molar-refractivity contribution is 5.80. The molecule has 6 nitrogen and oxygen atoms in total. The van der Waals surface area contributed by atoms with Crippen molar-refractivity contribution >= 4 is 5.96 Å². The smallest absolute Gasteiger partial charge is 0.194 e. The van der Waals surface area contributed by atoms with Gasteiger partial charge in [-0.15, -0.1) is 0 Å². The highest BCUT2D eigenvalue weighted by Gasteiger charge is 2.21. The SMILES string of the molecule is CCNC(=NCc1cc(C)on1)N1CCC(OCC)CC1. The molecular weight excluding hydrogens is 268 g/mol. The van der Waals surface area contributed by atoms with Crippen LogP contribution in [0.25, 0.3) is 0 Å². The first kappa shape index (κ1) is 15.8. The number of piperidine rings is 1. The van der Waals surface area contributed by atoms with Crippen LogP contribution in [0.5, 0.6) is 0 Å². The van der Waals surface area contributed by atoms with Crippen molar-refractivity contribution < 1.29 is 9.26 Å². The molecule has 0 spiro atoms. The van der Waals surface area contributed by atoms with Crippen LogP contribution in [0.4, 0.5) is 0 Å². The van der Waals surface area contributed by atoms with Gasteiger partial charge in [-0.2, -0.15) is 0 Å². The van der Waals surface area contributed by atoms with Gasteiger partial charge in [0.25, 0.3) is 0 Å². The number of aliphatic imine (C=N–C) groups is 1. The van der Waals surface area contributed by atoms with E-state index in [1.54, 1.807) is 0 Å². The van der Waals surface area contributed by atoms with E-state index in [0.717, 1.165) is 56.5 Å². The van der Waals surface area contributed by atoms with Crippen molar-refractivity contribution in [2.75, 3.05) is 26.2 Å². The fourth-order valence-electron chi connectivity index (χ4n) is 2.54. The van der Waals surface area contributed by atoms with Crippen LogP contribution in [-0.2, 0) is 11.3 Å². The third-order valence-electron chi connectivity index (χ3n) is 3.55. The molecule has 0 amide bonds. The molecule has 1 aliphatic rings. The maximum atomic E-state index is 5.69. The lowest BCUT2D eigenvalue weighted by Crippen LogP contribution is -2.47. The van der Waals surface area contributed by atoms with Crippen LogP contribution >= 0.6 is 0 Å². The maximum Gasteiger partial charge on any atom is 0.194 e. The van der Waals surface area contributed by atoms with Crippen molar-refractivity contribution in [2.24, 2.45) is 4.99 Å². The molecule has 0 unspecified atom stereocenters. The molecule has 2 heterocycles. The summed E-state index contributed by atoms with van der Waals surface area (Å²) in [6, 6.07) is 1.92. The van der Waals surface area contributed by atoms with Crippen molar-refractivity contribution in [1.82, 2.24) is 15.4 Å². The summed E-state index contributed by atoms with van der Waals surface area (Å²) in [5.41, 5.74) is 0.868. The second kappa shape index (κ2) is 8.02. The van der Waals surface area contributed by atoms with Crippen LogP contribution < -0.4 is 5.32 Å². The van der Waals surface area contributed by atoms with E-state index in [-0.39, 0.29) is 0 Å². The largest absolute Gasteiger partial charge is 0.378 e. The van der Waals surface area contributed by atoms with Gasteiger partial charge in [-0.3, -0.25) is 0 Å². The first-order valence-corrected chi connectivity index (χ1v) is 7.80. The highest BCUT2D eigenvalue weighted by Crippen LogP contribution is 2.14. The Balaban J connectivity index is 1.92. The Hall–Kier alpha value is -1.56. The molecule has 0 atom stereocenters. The number of aromatic nitrogens is 1. The predicted octanol–water partition coefficient (Wildman–Crippen LogP) is 1.95. The number of aryl methyl sites for hydroxylation is 1. The molecule has 1 saturated heterocycles. The summed E-state index contributed by atoms with van der Waals surface area (Å²) in [5, 5.41) is 7.33. The first-order chi connectivity index (χ1) is 10.2. The van der Waals surface area contributed by atoms with Gasteiger partial charge in [0.05, 0.1) is 12.6 Å². The zero-order valence-corrected chi connectivity index (χ0v) is 13.3. The lowest BCUT2D eigenvalue weighted by molar-refractivity contribution is 0.0263. The Bertz CT molecular complexity index is 450. The van der Waals surface area contributed by atoms with E-state index in [2.05, 4.69) is 34.2 Å². The molecule has 2 rings (SSSR count). The number of guanidine groups is 1. The molecule has 21 heavy (non-hydrogen) atoms. The van der Waals surface area contributed by atoms with E-state index in [0.29, 0.717) is 12.6 Å². The lowest BCUT2D eigenvalue weighted by Gasteiger charge is -2.34. The number of hydrogen-bond acceptors (Lipinski definition) is 4. The van der Waals surface area contributed by atoms with Crippen molar-refractivity contribution in [3.05, 3.63) is 17.5 Å². The van der Waals surface area contributed by atoms with Gasteiger partial charge in [-0.1, -0.05) is 5.16 Å². The van der Waals surface area contributed by atoms with Crippen LogP contribution in [0.1, 0.15) is 38.1 Å². The summed E-state index contributed by atoms with van der Waals surface area (Å²) < 4.78 is 10.8. The molecule has 0 radical (unpaired) electrons. The molecular formula is C15H26N4O2. The predicted molar refractivity (Wildman–Crippen MR) is 82.3 cm³/mol. The Kier molecular flexibility index (Phi) is 6.04. The molecule has 118 valence electrons. The molecule has 0 aliphatic carbocycles. The van der Waals surface area contributed by atoms with E-state index in [1.165, 1.54) is 0 Å². The van der Waals surface area contributed by atoms with Crippen molar-refractivity contribution in [1.29, 1.82) is 0 Å². The summed E-state index contributed by atoms with van der Waals surface area (Å²) in [6.07, 6.45) is 2.51. The Morgan fingerprint density at radius 2 is 2.24 bits per heavy atom. The molecule has 1 fully saturated rings. The van der Waals surface area contributed by atoms with E-state index in [4.69, 9.17) is 9.26 Å². The lowest BCUT2D eigenvalue weighted by atomic mass is 10.1. The zero-order chi connectivity index (χ0) is 15.1. The van der Waals surface area contributed by atoms with Gasteiger partial charge >= 0.3 is 0 Å². The highest BCUT2D eigenvalue weighted by atomic mass is 16.5. The van der Waals surface area contributed by atoms with Gasteiger partial charge in [0.1, 0.15) is 11.5 Å². The summed E-state index contributed by atoms with van der Waals surface area (Å²) in [6.45, 7) is 10.2. The van der Waals surface area contributed by atoms with Crippen molar-refractivity contribution in [2.45, 2.75) is 46.3 Å². The van der Waals surface area contributed by atoms with E-state index in [1.807, 2.05) is 13.0 Å². The van der Waals surface area contributed by atoms with Crippen LogP contribution in [0.15, 0.2) is 15.6 Å². The normalized spacial score (nSPS) is 17.3. The van der Waals surface area contributed by atoms with Gasteiger partial charge < -0.3 is 19.5 Å². The number of rotatable bonds is 5. The molecule has 1 aliphatic heterocycles. The molecule has 0 saturated carbocycles. The Morgan fingerprint density at radius 3 is 2.81 bits per heavy atom. The second-order valence-electron chi connectivity index (χ2n) is 5.24. The number of nitrogens with zero attached hydrogens (tertiary/aromatic N) is 3. The molecule has 6 heteroatoms. The summed E-state index contributed by atoms with van der Waals surface area (Å²) in [5.74, 6) is 1.77. The third kappa shape index (κ3) is 4.74. The third-order valence-corrected chi connectivity index (χ3v) is 3.55. The number of nitrogens with one attached hydrogen (secondary N) is 1. The van der Waals surface area contributed by atoms with Gasteiger partial charge in [0, 0.05) is 32.3 Å². The topological polar surface area (TPSA) is 62.9 Å². The van der Waals surface area contributed by atoms with E-state index >= 15 is 0 Å². The molecule has 0 bridgehead atoms. The quantitative estimate of drug-likeness (QED) is 0.664. The molecule has 1 aromatic rings. The van der Waals surface area contributed by atoms with E-state index < -0.39 is 0 Å². The van der Waals surface area contributed by atoms with Gasteiger partial charge in [0.2, 0.25) is 0 Å². The minimum atomic E-state index is 0.396. The zero-order valence-electron chi connectivity index (χ0n) is 13.3. The fraction of sp³-hybridized carbons (Fsp3) is 0.733. The number of hydrogen-bond donors (Lipinski definition) is 1. The van der Waals surface area contributed by atoms with Gasteiger partial charge in [-0.25, -0.2) is 4.99 Å². The monoisotopic (exact) mass is 294 g/mol. The molecule has 1 aromatic heterocycles. The summed E-state index contributed by atoms with van der Waals surface area (Å²) in [4.78, 5) is 6.96. The molecule has 1 N–H and O–H groups in total. The standard InChI is InChI=1S/C15H26N4O2/c1-4-16-15(17-11-13-10-12(3)21-18-13)19-8-6-14(7-9-19)20-5-2/h10,14H,4-9,11H2,1-3H3,(H,16,17). The van der Waals surface area contributed by atoms with Crippen LogP contribution in [0.3, 0.4) is 0 Å². The van der Waals surface area contributed by atoms with Crippen LogP contribution in [0, 0.1) is 6.92 Å². The Labute approximate surface area is 126 Å². The van der Waals surface area contributed by atoms with Crippen molar-refractivity contribution in [3.8, 4) is 0 Å².